The molecule has 1 aliphatic rings. The fourth-order valence-corrected chi connectivity index (χ4v) is 3.96. The number of hydrogen-bond acceptors (Lipinski definition) is 3. The third-order valence-corrected chi connectivity index (χ3v) is 5.37. The van der Waals surface area contributed by atoms with E-state index < -0.39 is 0 Å². The molecule has 1 saturated heterocycles. The summed E-state index contributed by atoms with van der Waals surface area (Å²) >= 11 is 0. The molecule has 0 atom stereocenters. The molecule has 1 aliphatic heterocycles. The topological polar surface area (TPSA) is 38.1 Å². The highest BCUT2D eigenvalue weighted by Gasteiger charge is 2.22. The van der Waals surface area contributed by atoms with Crippen molar-refractivity contribution in [3.63, 3.8) is 0 Å². The Kier molecular flexibility index (Phi) is 4.85. The van der Waals surface area contributed by atoms with Crippen molar-refractivity contribution >= 4 is 16.8 Å². The zero-order chi connectivity index (χ0) is 17.9. The summed E-state index contributed by atoms with van der Waals surface area (Å²) in [5.74, 6) is 1.23. The van der Waals surface area contributed by atoms with E-state index in [0.29, 0.717) is 11.7 Å². The summed E-state index contributed by atoms with van der Waals surface area (Å²) < 4.78 is 2.13. The standard InChI is InChI=1S/C22H25N3O/c1-17(26)22-23-20-9-5-6-10-21(20)25(22)16-19-11-13-24(14-12-19)15-18-7-3-2-4-8-18/h2-10,19H,11-16H2,1H3. The molecule has 4 rings (SSSR count). The molecule has 0 radical (unpaired) electrons. The molecule has 4 nitrogen and oxygen atoms in total. The van der Waals surface area contributed by atoms with Gasteiger partial charge in [-0.1, -0.05) is 42.5 Å². The van der Waals surface area contributed by atoms with Crippen LogP contribution in [-0.4, -0.2) is 33.3 Å². The highest BCUT2D eigenvalue weighted by molar-refractivity contribution is 5.94. The van der Waals surface area contributed by atoms with Crippen LogP contribution in [0.3, 0.4) is 0 Å². The molecule has 3 aromatic rings. The first kappa shape index (κ1) is 17.0. The first-order valence-electron chi connectivity index (χ1n) is 9.43. The van der Waals surface area contributed by atoms with Crippen LogP contribution in [0.4, 0.5) is 0 Å². The van der Waals surface area contributed by atoms with Gasteiger partial charge in [0.15, 0.2) is 11.6 Å². The summed E-state index contributed by atoms with van der Waals surface area (Å²) in [6.07, 6.45) is 2.33. The van der Waals surface area contributed by atoms with Crippen LogP contribution in [0.5, 0.6) is 0 Å². The average molecular weight is 347 g/mol. The zero-order valence-corrected chi connectivity index (χ0v) is 15.3. The highest BCUT2D eigenvalue weighted by Crippen LogP contribution is 2.24. The van der Waals surface area contributed by atoms with Crippen LogP contribution in [0.1, 0.15) is 35.9 Å². The maximum absolute atomic E-state index is 12.0. The number of rotatable bonds is 5. The Hall–Kier alpha value is -2.46. The highest BCUT2D eigenvalue weighted by atomic mass is 16.1. The maximum Gasteiger partial charge on any atom is 0.195 e. The van der Waals surface area contributed by atoms with Gasteiger partial charge in [0.2, 0.25) is 0 Å². The van der Waals surface area contributed by atoms with Gasteiger partial charge >= 0.3 is 0 Å². The molecule has 0 N–H and O–H groups in total. The second kappa shape index (κ2) is 7.42. The van der Waals surface area contributed by atoms with Gasteiger partial charge in [-0.2, -0.15) is 0 Å². The number of hydrogen-bond donors (Lipinski definition) is 0. The predicted octanol–water partition coefficient (Wildman–Crippen LogP) is 4.15. The van der Waals surface area contributed by atoms with E-state index in [1.807, 2.05) is 18.2 Å². The molecule has 1 fully saturated rings. The number of carbonyl (C=O) groups is 1. The summed E-state index contributed by atoms with van der Waals surface area (Å²) in [5, 5.41) is 0. The number of Topliss-reactive ketones (excluding diaryl/α,β-unsaturated/α-hetero) is 1. The Morgan fingerprint density at radius 2 is 1.73 bits per heavy atom. The van der Waals surface area contributed by atoms with Gasteiger partial charge in [0, 0.05) is 20.0 Å². The molecule has 2 heterocycles. The van der Waals surface area contributed by atoms with Crippen LogP contribution < -0.4 is 0 Å². The number of para-hydroxylation sites is 2. The normalized spacial score (nSPS) is 16.2. The van der Waals surface area contributed by atoms with Crippen LogP contribution >= 0.6 is 0 Å². The van der Waals surface area contributed by atoms with Gasteiger partial charge in [0.05, 0.1) is 11.0 Å². The fraction of sp³-hybridized carbons (Fsp3) is 0.364. The van der Waals surface area contributed by atoms with E-state index in [0.717, 1.165) is 50.1 Å². The minimum Gasteiger partial charge on any atom is -0.321 e. The number of carbonyl (C=O) groups excluding carboxylic acids is 1. The van der Waals surface area contributed by atoms with Crippen molar-refractivity contribution in [1.82, 2.24) is 14.5 Å². The lowest BCUT2D eigenvalue weighted by atomic mass is 9.96. The summed E-state index contributed by atoms with van der Waals surface area (Å²) in [6.45, 7) is 5.75. The number of aromatic nitrogens is 2. The molecule has 0 bridgehead atoms. The molecular formula is C22H25N3O. The van der Waals surface area contributed by atoms with Gasteiger partial charge in [0.25, 0.3) is 0 Å². The lowest BCUT2D eigenvalue weighted by Crippen LogP contribution is -2.34. The smallest absolute Gasteiger partial charge is 0.195 e. The van der Waals surface area contributed by atoms with Crippen molar-refractivity contribution in [2.75, 3.05) is 13.1 Å². The van der Waals surface area contributed by atoms with E-state index in [-0.39, 0.29) is 5.78 Å². The maximum atomic E-state index is 12.0. The Bertz CT molecular complexity index is 892. The first-order valence-corrected chi connectivity index (χ1v) is 9.43. The van der Waals surface area contributed by atoms with Crippen molar-refractivity contribution in [3.8, 4) is 0 Å². The zero-order valence-electron chi connectivity index (χ0n) is 15.3. The van der Waals surface area contributed by atoms with Gasteiger partial charge in [-0.15, -0.1) is 0 Å². The van der Waals surface area contributed by atoms with Crippen LogP contribution in [0, 0.1) is 5.92 Å². The quantitative estimate of drug-likeness (QED) is 0.651. The molecule has 26 heavy (non-hydrogen) atoms. The van der Waals surface area contributed by atoms with E-state index in [1.54, 1.807) is 6.92 Å². The second-order valence-electron chi connectivity index (χ2n) is 7.30. The molecule has 134 valence electrons. The SMILES string of the molecule is CC(=O)c1nc2ccccc2n1CC1CCN(Cc2ccccc2)CC1. The molecule has 4 heteroatoms. The summed E-state index contributed by atoms with van der Waals surface area (Å²) in [5.41, 5.74) is 3.37. The van der Waals surface area contributed by atoms with Gasteiger partial charge in [-0.3, -0.25) is 9.69 Å². The third kappa shape index (κ3) is 3.56. The monoisotopic (exact) mass is 347 g/mol. The summed E-state index contributed by atoms with van der Waals surface area (Å²) in [4.78, 5) is 19.1. The van der Waals surface area contributed by atoms with Gasteiger partial charge in [-0.05, 0) is 49.5 Å². The molecule has 0 saturated carbocycles. The number of piperidine rings is 1. The number of benzene rings is 2. The molecule has 2 aromatic carbocycles. The van der Waals surface area contributed by atoms with Gasteiger partial charge in [-0.25, -0.2) is 4.98 Å². The van der Waals surface area contributed by atoms with Crippen molar-refractivity contribution < 1.29 is 4.79 Å². The van der Waals surface area contributed by atoms with Crippen molar-refractivity contribution in [2.24, 2.45) is 5.92 Å². The van der Waals surface area contributed by atoms with E-state index in [4.69, 9.17) is 0 Å². The van der Waals surface area contributed by atoms with Crippen molar-refractivity contribution in [1.29, 1.82) is 0 Å². The number of ketones is 1. The van der Waals surface area contributed by atoms with Crippen molar-refractivity contribution in [2.45, 2.75) is 32.9 Å². The minimum atomic E-state index is 0.0442. The Labute approximate surface area is 154 Å². The number of imidazole rings is 1. The number of likely N-dealkylation sites (tertiary alicyclic amines) is 1. The Balaban J connectivity index is 1.44. The first-order chi connectivity index (χ1) is 12.7. The Morgan fingerprint density at radius 3 is 2.46 bits per heavy atom. The van der Waals surface area contributed by atoms with Gasteiger partial charge in [0.1, 0.15) is 0 Å². The molecule has 0 unspecified atom stereocenters. The predicted molar refractivity (Wildman–Crippen MR) is 104 cm³/mol. The molecule has 0 spiro atoms. The molecule has 0 aliphatic carbocycles. The summed E-state index contributed by atoms with van der Waals surface area (Å²) in [7, 11) is 0. The number of fused-ring (bicyclic) bond motifs is 1. The lowest BCUT2D eigenvalue weighted by molar-refractivity contribution is 0.0996. The fourth-order valence-electron chi connectivity index (χ4n) is 3.96. The third-order valence-electron chi connectivity index (χ3n) is 5.37. The minimum absolute atomic E-state index is 0.0442. The molecule has 0 amide bonds. The molecular weight excluding hydrogens is 322 g/mol. The van der Waals surface area contributed by atoms with Crippen LogP contribution in [0.2, 0.25) is 0 Å². The van der Waals surface area contributed by atoms with E-state index in [1.165, 1.54) is 5.56 Å². The van der Waals surface area contributed by atoms with Gasteiger partial charge < -0.3 is 4.57 Å². The second-order valence-corrected chi connectivity index (χ2v) is 7.30. The lowest BCUT2D eigenvalue weighted by Gasteiger charge is -2.32. The largest absolute Gasteiger partial charge is 0.321 e. The summed E-state index contributed by atoms with van der Waals surface area (Å²) in [6, 6.07) is 18.7. The Morgan fingerprint density at radius 1 is 1.04 bits per heavy atom. The number of nitrogens with zero attached hydrogens (tertiary/aromatic N) is 3. The van der Waals surface area contributed by atoms with E-state index in [2.05, 4.69) is 50.8 Å². The van der Waals surface area contributed by atoms with E-state index >= 15 is 0 Å². The van der Waals surface area contributed by atoms with Crippen LogP contribution in [0.15, 0.2) is 54.6 Å². The molecule has 1 aromatic heterocycles. The van der Waals surface area contributed by atoms with E-state index in [9.17, 15) is 4.79 Å². The van der Waals surface area contributed by atoms with Crippen molar-refractivity contribution in [3.05, 3.63) is 66.0 Å². The van der Waals surface area contributed by atoms with Crippen LogP contribution in [0.25, 0.3) is 11.0 Å². The average Bonchev–Trinajstić information content (AvgIpc) is 3.03. The van der Waals surface area contributed by atoms with Crippen LogP contribution in [-0.2, 0) is 13.1 Å².